The van der Waals surface area contributed by atoms with Crippen molar-refractivity contribution in [3.05, 3.63) is 29.8 Å². The van der Waals surface area contributed by atoms with E-state index in [9.17, 15) is 5.11 Å². The molecule has 102 valence electrons. The standard InChI is InChI=1S/C14H23NO3/c1-2-3-8-18-11-14(17)10-15-9-12-4-6-13(16)7-5-12/h4-7,14-17H,2-3,8-11H2,1H3. The monoisotopic (exact) mass is 253 g/mol. The first-order valence-electron chi connectivity index (χ1n) is 6.46. The van der Waals surface area contributed by atoms with E-state index in [4.69, 9.17) is 9.84 Å². The van der Waals surface area contributed by atoms with Gasteiger partial charge in [-0.3, -0.25) is 0 Å². The summed E-state index contributed by atoms with van der Waals surface area (Å²) in [5.74, 6) is 0.267. The molecule has 0 heterocycles. The fraction of sp³-hybridized carbons (Fsp3) is 0.571. The number of aliphatic hydroxyl groups is 1. The molecule has 1 aromatic carbocycles. The molecule has 0 aliphatic rings. The first-order valence-corrected chi connectivity index (χ1v) is 6.46. The smallest absolute Gasteiger partial charge is 0.115 e. The maximum Gasteiger partial charge on any atom is 0.115 e. The Kier molecular flexibility index (Phi) is 7.41. The van der Waals surface area contributed by atoms with Gasteiger partial charge in [0.15, 0.2) is 0 Å². The highest BCUT2D eigenvalue weighted by molar-refractivity contribution is 5.25. The highest BCUT2D eigenvalue weighted by atomic mass is 16.5. The lowest BCUT2D eigenvalue weighted by molar-refractivity contribution is 0.0358. The number of aromatic hydroxyl groups is 1. The molecule has 1 aromatic rings. The Morgan fingerprint density at radius 3 is 2.67 bits per heavy atom. The molecule has 0 aliphatic heterocycles. The highest BCUT2D eigenvalue weighted by Crippen LogP contribution is 2.09. The van der Waals surface area contributed by atoms with Gasteiger partial charge in [0.2, 0.25) is 0 Å². The Morgan fingerprint density at radius 2 is 2.00 bits per heavy atom. The minimum absolute atomic E-state index is 0.267. The van der Waals surface area contributed by atoms with Crippen LogP contribution < -0.4 is 5.32 Å². The van der Waals surface area contributed by atoms with E-state index < -0.39 is 6.10 Å². The molecule has 0 aliphatic carbocycles. The Morgan fingerprint density at radius 1 is 1.28 bits per heavy atom. The molecule has 0 saturated carbocycles. The van der Waals surface area contributed by atoms with Gasteiger partial charge in [-0.25, -0.2) is 0 Å². The van der Waals surface area contributed by atoms with E-state index in [1.807, 2.05) is 12.1 Å². The van der Waals surface area contributed by atoms with E-state index in [0.29, 0.717) is 26.3 Å². The number of unbranched alkanes of at least 4 members (excludes halogenated alkanes) is 1. The number of hydrogen-bond acceptors (Lipinski definition) is 4. The van der Waals surface area contributed by atoms with Crippen LogP contribution in [0, 0.1) is 0 Å². The number of aliphatic hydroxyl groups excluding tert-OH is 1. The molecule has 4 nitrogen and oxygen atoms in total. The summed E-state index contributed by atoms with van der Waals surface area (Å²) in [6, 6.07) is 7.02. The lowest BCUT2D eigenvalue weighted by atomic mass is 10.2. The number of rotatable bonds is 9. The number of phenols is 1. The van der Waals surface area contributed by atoms with Gasteiger partial charge >= 0.3 is 0 Å². The van der Waals surface area contributed by atoms with Crippen LogP contribution >= 0.6 is 0 Å². The molecule has 18 heavy (non-hydrogen) atoms. The second-order valence-corrected chi connectivity index (χ2v) is 4.38. The Bertz CT molecular complexity index is 313. The van der Waals surface area contributed by atoms with E-state index in [0.717, 1.165) is 18.4 Å². The summed E-state index contributed by atoms with van der Waals surface area (Å²) in [5.41, 5.74) is 1.08. The minimum atomic E-state index is -0.473. The van der Waals surface area contributed by atoms with Gasteiger partial charge in [0.05, 0.1) is 12.7 Å². The van der Waals surface area contributed by atoms with Crippen molar-refractivity contribution in [2.75, 3.05) is 19.8 Å². The third-order valence-corrected chi connectivity index (χ3v) is 2.60. The van der Waals surface area contributed by atoms with Crippen molar-refractivity contribution < 1.29 is 14.9 Å². The van der Waals surface area contributed by atoms with E-state index in [-0.39, 0.29) is 5.75 Å². The molecule has 0 saturated heterocycles. The van der Waals surface area contributed by atoms with Crippen molar-refractivity contribution in [1.29, 1.82) is 0 Å². The normalized spacial score (nSPS) is 12.6. The Labute approximate surface area is 109 Å². The van der Waals surface area contributed by atoms with Gasteiger partial charge in [-0.2, -0.15) is 0 Å². The SMILES string of the molecule is CCCCOCC(O)CNCc1ccc(O)cc1. The maximum absolute atomic E-state index is 9.64. The Hall–Kier alpha value is -1.10. The molecular weight excluding hydrogens is 230 g/mol. The van der Waals surface area contributed by atoms with E-state index in [1.165, 1.54) is 0 Å². The van der Waals surface area contributed by atoms with Crippen LogP contribution in [0.3, 0.4) is 0 Å². The van der Waals surface area contributed by atoms with Gasteiger partial charge in [0.25, 0.3) is 0 Å². The summed E-state index contributed by atoms with van der Waals surface area (Å²) >= 11 is 0. The van der Waals surface area contributed by atoms with Crippen molar-refractivity contribution >= 4 is 0 Å². The second kappa shape index (κ2) is 8.91. The average Bonchev–Trinajstić information content (AvgIpc) is 2.37. The molecule has 4 heteroatoms. The Balaban J connectivity index is 2.07. The van der Waals surface area contributed by atoms with Crippen LogP contribution in [-0.2, 0) is 11.3 Å². The topological polar surface area (TPSA) is 61.7 Å². The van der Waals surface area contributed by atoms with Crippen LogP contribution in [0.5, 0.6) is 5.75 Å². The van der Waals surface area contributed by atoms with Gasteiger partial charge in [-0.05, 0) is 24.1 Å². The molecule has 0 radical (unpaired) electrons. The zero-order valence-corrected chi connectivity index (χ0v) is 10.9. The first kappa shape index (κ1) is 15.0. The van der Waals surface area contributed by atoms with Crippen molar-refractivity contribution in [2.24, 2.45) is 0 Å². The number of benzene rings is 1. The van der Waals surface area contributed by atoms with E-state index in [2.05, 4.69) is 12.2 Å². The fourth-order valence-corrected chi connectivity index (χ4v) is 1.52. The zero-order chi connectivity index (χ0) is 13.2. The molecule has 0 fully saturated rings. The molecular formula is C14H23NO3. The molecule has 1 rings (SSSR count). The zero-order valence-electron chi connectivity index (χ0n) is 10.9. The van der Waals surface area contributed by atoms with Crippen LogP contribution in [0.1, 0.15) is 25.3 Å². The number of nitrogens with one attached hydrogen (secondary N) is 1. The van der Waals surface area contributed by atoms with Crippen molar-refractivity contribution in [2.45, 2.75) is 32.4 Å². The second-order valence-electron chi connectivity index (χ2n) is 4.38. The van der Waals surface area contributed by atoms with Crippen LogP contribution in [0.2, 0.25) is 0 Å². The summed E-state index contributed by atoms with van der Waals surface area (Å²) < 4.78 is 5.33. The molecule has 1 unspecified atom stereocenters. The number of phenolic OH excluding ortho intramolecular Hbond substituents is 1. The summed E-state index contributed by atoms with van der Waals surface area (Å²) in [5, 5.41) is 21.9. The van der Waals surface area contributed by atoms with Gasteiger partial charge < -0.3 is 20.3 Å². The molecule has 0 aromatic heterocycles. The quantitative estimate of drug-likeness (QED) is 0.586. The summed E-state index contributed by atoms with van der Waals surface area (Å²) in [4.78, 5) is 0. The maximum atomic E-state index is 9.64. The minimum Gasteiger partial charge on any atom is -0.508 e. The van der Waals surface area contributed by atoms with Crippen LogP contribution in [0.25, 0.3) is 0 Å². The third-order valence-electron chi connectivity index (χ3n) is 2.60. The predicted molar refractivity (Wildman–Crippen MR) is 71.5 cm³/mol. The van der Waals surface area contributed by atoms with E-state index >= 15 is 0 Å². The number of ether oxygens (including phenoxy) is 1. The van der Waals surface area contributed by atoms with Gasteiger partial charge in [-0.15, -0.1) is 0 Å². The largest absolute Gasteiger partial charge is 0.508 e. The summed E-state index contributed by atoms with van der Waals surface area (Å²) in [6.45, 7) is 4.38. The first-order chi connectivity index (χ1) is 8.72. The van der Waals surface area contributed by atoms with Crippen molar-refractivity contribution in [3.8, 4) is 5.75 Å². The lowest BCUT2D eigenvalue weighted by Gasteiger charge is -2.12. The summed E-state index contributed by atoms with van der Waals surface area (Å²) in [6.07, 6.45) is 1.67. The average molecular weight is 253 g/mol. The molecule has 3 N–H and O–H groups in total. The number of hydrogen-bond donors (Lipinski definition) is 3. The molecule has 0 spiro atoms. The van der Waals surface area contributed by atoms with Crippen molar-refractivity contribution in [1.82, 2.24) is 5.32 Å². The van der Waals surface area contributed by atoms with Crippen molar-refractivity contribution in [3.63, 3.8) is 0 Å². The molecule has 0 bridgehead atoms. The summed E-state index contributed by atoms with van der Waals surface area (Å²) in [7, 11) is 0. The lowest BCUT2D eigenvalue weighted by Crippen LogP contribution is -2.30. The van der Waals surface area contributed by atoms with Gasteiger partial charge in [-0.1, -0.05) is 25.5 Å². The fourth-order valence-electron chi connectivity index (χ4n) is 1.52. The van der Waals surface area contributed by atoms with E-state index in [1.54, 1.807) is 12.1 Å². The molecule has 0 amide bonds. The highest BCUT2D eigenvalue weighted by Gasteiger charge is 2.03. The van der Waals surface area contributed by atoms with Crippen LogP contribution in [0.4, 0.5) is 0 Å². The van der Waals surface area contributed by atoms with Crippen LogP contribution in [-0.4, -0.2) is 36.1 Å². The van der Waals surface area contributed by atoms with Gasteiger partial charge in [0.1, 0.15) is 5.75 Å². The third kappa shape index (κ3) is 6.59. The van der Waals surface area contributed by atoms with Crippen LogP contribution in [0.15, 0.2) is 24.3 Å². The predicted octanol–water partition coefficient (Wildman–Crippen LogP) is 1.66. The van der Waals surface area contributed by atoms with Gasteiger partial charge in [0, 0.05) is 19.7 Å². The molecule has 1 atom stereocenters.